The second kappa shape index (κ2) is 2.18. The molecule has 1 heterocycles. The minimum absolute atomic E-state index is 0.0331. The van der Waals surface area contributed by atoms with Crippen LogP contribution in [0.15, 0.2) is 0 Å². The fraction of sp³-hybridized carbons (Fsp3) is 1.00. The van der Waals surface area contributed by atoms with Crippen LogP contribution in [0.4, 0.5) is 0 Å². The molecule has 0 bridgehead atoms. The molecule has 0 aromatic rings. The lowest BCUT2D eigenvalue weighted by atomic mass is 9.94. The minimum Gasteiger partial charge on any atom is -0.202 e. The maximum atomic E-state index is 10.7. The first kappa shape index (κ1) is 7.97. The summed E-state index contributed by atoms with van der Waals surface area (Å²) < 4.78 is 26.3. The molecule has 0 spiro atoms. The van der Waals surface area contributed by atoms with Crippen LogP contribution in [-0.4, -0.2) is 21.5 Å². The lowest BCUT2D eigenvalue weighted by Gasteiger charge is -2.29. The first-order valence-corrected chi connectivity index (χ1v) is 4.64. The maximum absolute atomic E-state index is 10.7. The third-order valence-corrected chi connectivity index (χ3v) is 2.53. The third kappa shape index (κ3) is 1.93. The van der Waals surface area contributed by atoms with Gasteiger partial charge in [-0.15, -0.1) is 0 Å². The molecule has 1 fully saturated rings. The van der Waals surface area contributed by atoms with Crippen molar-refractivity contribution in [1.82, 2.24) is 9.44 Å². The highest BCUT2D eigenvalue weighted by Gasteiger charge is 2.27. The molecule has 0 unspecified atom stereocenters. The largest absolute Gasteiger partial charge is 0.276 e. The van der Waals surface area contributed by atoms with Crippen molar-refractivity contribution < 1.29 is 8.42 Å². The van der Waals surface area contributed by atoms with Gasteiger partial charge >= 0.3 is 0 Å². The molecule has 1 aliphatic heterocycles. The van der Waals surface area contributed by atoms with Crippen molar-refractivity contribution in [1.29, 1.82) is 0 Å². The first-order valence-electron chi connectivity index (χ1n) is 3.16. The van der Waals surface area contributed by atoms with E-state index in [1.54, 1.807) is 0 Å². The molecule has 0 radical (unpaired) electrons. The van der Waals surface area contributed by atoms with Gasteiger partial charge in [0.15, 0.2) is 0 Å². The van der Waals surface area contributed by atoms with Crippen LogP contribution in [0.25, 0.3) is 0 Å². The second-order valence-electron chi connectivity index (χ2n) is 3.31. The highest BCUT2D eigenvalue weighted by Crippen LogP contribution is 2.15. The molecular formula is C5H12N2O2S. The summed E-state index contributed by atoms with van der Waals surface area (Å²) in [5.41, 5.74) is 0.0331. The second-order valence-corrected chi connectivity index (χ2v) is 4.89. The van der Waals surface area contributed by atoms with Crippen molar-refractivity contribution in [2.75, 3.05) is 13.1 Å². The molecule has 10 heavy (non-hydrogen) atoms. The lowest BCUT2D eigenvalue weighted by molar-refractivity contribution is 0.339. The maximum Gasteiger partial charge on any atom is 0.276 e. The van der Waals surface area contributed by atoms with Gasteiger partial charge in [0.2, 0.25) is 0 Å². The Morgan fingerprint density at radius 2 is 1.60 bits per heavy atom. The number of hydrogen-bond donors (Lipinski definition) is 2. The standard InChI is InChI=1S/C5H12N2O2S/c1-5(2)3-6-10(8,9)7-4-5/h6-7H,3-4H2,1-2H3. The highest BCUT2D eigenvalue weighted by molar-refractivity contribution is 7.87. The Bertz CT molecular complexity index is 204. The van der Waals surface area contributed by atoms with Crippen LogP contribution in [0.1, 0.15) is 13.8 Å². The molecule has 0 aromatic carbocycles. The number of rotatable bonds is 0. The molecule has 0 atom stereocenters. The van der Waals surface area contributed by atoms with E-state index in [4.69, 9.17) is 0 Å². The predicted molar refractivity (Wildman–Crippen MR) is 38.7 cm³/mol. The third-order valence-electron chi connectivity index (χ3n) is 1.48. The van der Waals surface area contributed by atoms with E-state index in [2.05, 4.69) is 9.44 Å². The van der Waals surface area contributed by atoms with Crippen LogP contribution < -0.4 is 9.44 Å². The summed E-state index contributed by atoms with van der Waals surface area (Å²) in [5, 5.41) is 0. The van der Waals surface area contributed by atoms with Gasteiger partial charge in [-0.2, -0.15) is 8.42 Å². The Morgan fingerprint density at radius 3 is 1.90 bits per heavy atom. The summed E-state index contributed by atoms with van der Waals surface area (Å²) in [6.45, 7) is 5.04. The molecule has 0 amide bonds. The molecule has 2 N–H and O–H groups in total. The quantitative estimate of drug-likeness (QED) is 0.504. The molecular weight excluding hydrogens is 152 g/mol. The Labute approximate surface area is 61.2 Å². The van der Waals surface area contributed by atoms with Gasteiger partial charge in [-0.05, 0) is 5.41 Å². The normalized spacial score (nSPS) is 29.8. The fourth-order valence-corrected chi connectivity index (χ4v) is 1.96. The summed E-state index contributed by atoms with van der Waals surface area (Å²) in [5.74, 6) is 0. The van der Waals surface area contributed by atoms with E-state index >= 15 is 0 Å². The van der Waals surface area contributed by atoms with E-state index in [0.717, 1.165) is 0 Å². The van der Waals surface area contributed by atoms with Crippen LogP contribution in [-0.2, 0) is 10.2 Å². The molecule has 0 aromatic heterocycles. The Kier molecular flexibility index (Phi) is 1.74. The van der Waals surface area contributed by atoms with Crippen LogP contribution in [0.5, 0.6) is 0 Å². The molecule has 0 aliphatic carbocycles. The lowest BCUT2D eigenvalue weighted by Crippen LogP contribution is -2.52. The van der Waals surface area contributed by atoms with Crippen molar-refractivity contribution in [3.05, 3.63) is 0 Å². The van der Waals surface area contributed by atoms with E-state index < -0.39 is 10.2 Å². The Morgan fingerprint density at radius 1 is 1.20 bits per heavy atom. The van der Waals surface area contributed by atoms with Crippen molar-refractivity contribution in [3.8, 4) is 0 Å². The van der Waals surface area contributed by atoms with Gasteiger partial charge in [0, 0.05) is 13.1 Å². The van der Waals surface area contributed by atoms with Crippen LogP contribution >= 0.6 is 0 Å². The van der Waals surface area contributed by atoms with Crippen LogP contribution in [0.3, 0.4) is 0 Å². The summed E-state index contributed by atoms with van der Waals surface area (Å²) in [6.07, 6.45) is 0. The van der Waals surface area contributed by atoms with Crippen LogP contribution in [0.2, 0.25) is 0 Å². The van der Waals surface area contributed by atoms with Gasteiger partial charge in [0.05, 0.1) is 0 Å². The fourth-order valence-electron chi connectivity index (χ4n) is 0.694. The van der Waals surface area contributed by atoms with Gasteiger partial charge < -0.3 is 0 Å². The van der Waals surface area contributed by atoms with E-state index in [0.29, 0.717) is 13.1 Å². The smallest absolute Gasteiger partial charge is 0.202 e. The van der Waals surface area contributed by atoms with Gasteiger partial charge in [0.1, 0.15) is 0 Å². The van der Waals surface area contributed by atoms with Crippen molar-refractivity contribution in [3.63, 3.8) is 0 Å². The summed E-state index contributed by atoms with van der Waals surface area (Å²) >= 11 is 0. The summed E-state index contributed by atoms with van der Waals surface area (Å²) in [7, 11) is -3.15. The minimum atomic E-state index is -3.15. The van der Waals surface area contributed by atoms with Gasteiger partial charge in [-0.1, -0.05) is 13.8 Å². The molecule has 1 rings (SSSR count). The SMILES string of the molecule is CC1(C)CNS(=O)(=O)NC1. The average Bonchev–Trinajstić information content (AvgIpc) is 1.79. The zero-order valence-electron chi connectivity index (χ0n) is 6.14. The van der Waals surface area contributed by atoms with Crippen molar-refractivity contribution >= 4 is 10.2 Å². The van der Waals surface area contributed by atoms with Crippen molar-refractivity contribution in [2.24, 2.45) is 5.41 Å². The molecule has 5 heteroatoms. The first-order chi connectivity index (χ1) is 4.41. The van der Waals surface area contributed by atoms with Crippen molar-refractivity contribution in [2.45, 2.75) is 13.8 Å². The average molecular weight is 164 g/mol. The molecule has 1 aliphatic rings. The monoisotopic (exact) mass is 164 g/mol. The van der Waals surface area contributed by atoms with E-state index in [1.807, 2.05) is 13.8 Å². The Balaban J connectivity index is 2.63. The topological polar surface area (TPSA) is 58.2 Å². The number of hydrogen-bond acceptors (Lipinski definition) is 2. The Hall–Kier alpha value is -0.130. The zero-order valence-corrected chi connectivity index (χ0v) is 6.96. The predicted octanol–water partition coefficient (Wildman–Crippen LogP) is -0.550. The van der Waals surface area contributed by atoms with Gasteiger partial charge in [-0.3, -0.25) is 0 Å². The zero-order chi connectivity index (χ0) is 7.83. The molecule has 0 saturated carbocycles. The van der Waals surface area contributed by atoms with Gasteiger partial charge in [0.25, 0.3) is 10.2 Å². The number of nitrogens with one attached hydrogen (secondary N) is 2. The summed E-state index contributed by atoms with van der Waals surface area (Å²) in [6, 6.07) is 0. The van der Waals surface area contributed by atoms with E-state index in [-0.39, 0.29) is 5.41 Å². The van der Waals surface area contributed by atoms with E-state index in [1.165, 1.54) is 0 Å². The van der Waals surface area contributed by atoms with Crippen LogP contribution in [0, 0.1) is 5.41 Å². The molecule has 60 valence electrons. The van der Waals surface area contributed by atoms with E-state index in [9.17, 15) is 8.42 Å². The van der Waals surface area contributed by atoms with Gasteiger partial charge in [-0.25, -0.2) is 9.44 Å². The highest BCUT2D eigenvalue weighted by atomic mass is 32.2. The molecule has 4 nitrogen and oxygen atoms in total. The summed E-state index contributed by atoms with van der Waals surface area (Å²) in [4.78, 5) is 0. The molecule has 1 saturated heterocycles.